The number of nitrogens with two attached hydrogens (primary N) is 1. The fourth-order valence-corrected chi connectivity index (χ4v) is 1.66. The molecule has 0 saturated heterocycles. The van der Waals surface area contributed by atoms with Crippen LogP contribution in [0.4, 0.5) is 0 Å². The fraction of sp³-hybridized carbons (Fsp3) is 0.533. The zero-order chi connectivity index (χ0) is 14.3. The van der Waals surface area contributed by atoms with Crippen molar-refractivity contribution in [3.63, 3.8) is 0 Å². The molecule has 0 radical (unpaired) electrons. The molecule has 0 aliphatic heterocycles. The molecule has 0 fully saturated rings. The van der Waals surface area contributed by atoms with Gasteiger partial charge in [0.1, 0.15) is 0 Å². The Morgan fingerprint density at radius 1 is 1.32 bits per heavy atom. The molecule has 0 saturated carbocycles. The molecule has 0 aliphatic rings. The summed E-state index contributed by atoms with van der Waals surface area (Å²) in [6.07, 6.45) is 1.50. The van der Waals surface area contributed by atoms with Crippen LogP contribution in [0.1, 0.15) is 18.9 Å². The smallest absolute Gasteiger partial charge is 0.236 e. The molecule has 0 heterocycles. The van der Waals surface area contributed by atoms with Crippen molar-refractivity contribution in [3.05, 3.63) is 35.9 Å². The van der Waals surface area contributed by atoms with Gasteiger partial charge < -0.3 is 16.0 Å². The van der Waals surface area contributed by atoms with Crippen molar-refractivity contribution in [1.82, 2.24) is 10.2 Å². The predicted octanol–water partition coefficient (Wildman–Crippen LogP) is 1.01. The number of rotatable bonds is 7. The van der Waals surface area contributed by atoms with Crippen LogP contribution in [0.2, 0.25) is 0 Å². The Labute approximate surface area is 116 Å². The molecule has 1 rings (SSSR count). The SMILES string of the molecule is CC(CNC(=O)[C@@H](N)CCc1ccccc1)N(C)C. The highest BCUT2D eigenvalue weighted by molar-refractivity contribution is 5.81. The van der Waals surface area contributed by atoms with Crippen LogP contribution in [0.15, 0.2) is 30.3 Å². The number of hydrogen-bond donors (Lipinski definition) is 2. The zero-order valence-electron chi connectivity index (χ0n) is 12.1. The molecular weight excluding hydrogens is 238 g/mol. The van der Waals surface area contributed by atoms with Gasteiger partial charge in [-0.15, -0.1) is 0 Å². The lowest BCUT2D eigenvalue weighted by Crippen LogP contribution is -2.45. The normalized spacial score (nSPS) is 14.2. The monoisotopic (exact) mass is 263 g/mol. The lowest BCUT2D eigenvalue weighted by atomic mass is 10.1. The molecule has 0 aromatic heterocycles. The minimum atomic E-state index is -0.436. The van der Waals surface area contributed by atoms with E-state index in [1.54, 1.807) is 0 Å². The first kappa shape index (κ1) is 15.7. The molecule has 1 unspecified atom stereocenters. The van der Waals surface area contributed by atoms with Crippen LogP contribution in [0.5, 0.6) is 0 Å². The molecule has 106 valence electrons. The van der Waals surface area contributed by atoms with Crippen LogP contribution in [-0.4, -0.2) is 43.5 Å². The molecule has 2 atom stereocenters. The first-order valence-corrected chi connectivity index (χ1v) is 6.74. The van der Waals surface area contributed by atoms with E-state index in [4.69, 9.17) is 5.73 Å². The van der Waals surface area contributed by atoms with Gasteiger partial charge in [-0.1, -0.05) is 30.3 Å². The second-order valence-corrected chi connectivity index (χ2v) is 5.19. The maximum Gasteiger partial charge on any atom is 0.236 e. The summed E-state index contributed by atoms with van der Waals surface area (Å²) in [7, 11) is 3.98. The summed E-state index contributed by atoms with van der Waals surface area (Å²) >= 11 is 0. The van der Waals surface area contributed by atoms with Crippen LogP contribution in [0, 0.1) is 0 Å². The molecule has 3 N–H and O–H groups in total. The van der Waals surface area contributed by atoms with E-state index in [1.807, 2.05) is 32.3 Å². The minimum Gasteiger partial charge on any atom is -0.353 e. The Balaban J connectivity index is 2.29. The number of carbonyl (C=O) groups excluding carboxylic acids is 1. The summed E-state index contributed by atoms with van der Waals surface area (Å²) in [5, 5.41) is 2.89. The van der Waals surface area contributed by atoms with E-state index in [2.05, 4.69) is 29.3 Å². The van der Waals surface area contributed by atoms with Crippen LogP contribution in [0.3, 0.4) is 0 Å². The third kappa shape index (κ3) is 5.85. The summed E-state index contributed by atoms with van der Waals surface area (Å²) < 4.78 is 0. The molecule has 1 aromatic rings. The van der Waals surface area contributed by atoms with E-state index in [0.717, 1.165) is 6.42 Å². The first-order valence-electron chi connectivity index (χ1n) is 6.74. The minimum absolute atomic E-state index is 0.0652. The average molecular weight is 263 g/mol. The molecule has 0 spiro atoms. The van der Waals surface area contributed by atoms with Crippen molar-refractivity contribution >= 4 is 5.91 Å². The largest absolute Gasteiger partial charge is 0.353 e. The average Bonchev–Trinajstić information content (AvgIpc) is 2.42. The van der Waals surface area contributed by atoms with Crippen molar-refractivity contribution in [2.45, 2.75) is 31.8 Å². The summed E-state index contributed by atoms with van der Waals surface area (Å²) in [4.78, 5) is 13.9. The van der Waals surface area contributed by atoms with Crippen molar-refractivity contribution in [2.75, 3.05) is 20.6 Å². The van der Waals surface area contributed by atoms with E-state index in [1.165, 1.54) is 5.56 Å². The van der Waals surface area contributed by atoms with Gasteiger partial charge in [0.25, 0.3) is 0 Å². The molecule has 19 heavy (non-hydrogen) atoms. The maximum atomic E-state index is 11.8. The zero-order valence-corrected chi connectivity index (χ0v) is 12.1. The quantitative estimate of drug-likeness (QED) is 0.772. The number of amides is 1. The van der Waals surface area contributed by atoms with Gasteiger partial charge in [-0.25, -0.2) is 0 Å². The Morgan fingerprint density at radius 3 is 2.53 bits per heavy atom. The first-order chi connectivity index (χ1) is 9.00. The third-order valence-electron chi connectivity index (χ3n) is 3.38. The van der Waals surface area contributed by atoms with Gasteiger partial charge in [0.2, 0.25) is 5.91 Å². The number of aryl methyl sites for hydroxylation is 1. The van der Waals surface area contributed by atoms with Crippen LogP contribution >= 0.6 is 0 Å². The van der Waals surface area contributed by atoms with Crippen LogP contribution in [-0.2, 0) is 11.2 Å². The number of nitrogens with zero attached hydrogens (tertiary/aromatic N) is 1. The fourth-order valence-electron chi connectivity index (χ4n) is 1.66. The number of nitrogens with one attached hydrogen (secondary N) is 1. The molecule has 0 aliphatic carbocycles. The second-order valence-electron chi connectivity index (χ2n) is 5.19. The third-order valence-corrected chi connectivity index (χ3v) is 3.38. The Hall–Kier alpha value is -1.39. The van der Waals surface area contributed by atoms with E-state index in [9.17, 15) is 4.79 Å². The standard InChI is InChI=1S/C15H25N3O/c1-12(18(2)3)11-17-15(19)14(16)10-9-13-7-5-4-6-8-13/h4-8,12,14H,9-11,16H2,1-3H3,(H,17,19)/t12?,14-/m0/s1. The van der Waals surface area contributed by atoms with Crippen molar-refractivity contribution in [1.29, 1.82) is 0 Å². The van der Waals surface area contributed by atoms with Gasteiger partial charge >= 0.3 is 0 Å². The van der Waals surface area contributed by atoms with E-state index in [-0.39, 0.29) is 5.91 Å². The molecule has 1 amide bonds. The van der Waals surface area contributed by atoms with Gasteiger partial charge in [-0.05, 0) is 39.4 Å². The van der Waals surface area contributed by atoms with Gasteiger partial charge in [0.05, 0.1) is 6.04 Å². The van der Waals surface area contributed by atoms with Crippen molar-refractivity contribution in [2.24, 2.45) is 5.73 Å². The summed E-state index contributed by atoms with van der Waals surface area (Å²) in [6, 6.07) is 9.97. The van der Waals surface area contributed by atoms with Crippen LogP contribution in [0.25, 0.3) is 0 Å². The van der Waals surface area contributed by atoms with Gasteiger partial charge in [-0.2, -0.15) is 0 Å². The lowest BCUT2D eigenvalue weighted by molar-refractivity contribution is -0.122. The number of benzene rings is 1. The highest BCUT2D eigenvalue weighted by atomic mass is 16.2. The van der Waals surface area contributed by atoms with Gasteiger partial charge in [-0.3, -0.25) is 4.79 Å². The second kappa shape index (κ2) is 7.92. The molecule has 0 bridgehead atoms. The Bertz CT molecular complexity index is 378. The Morgan fingerprint density at radius 2 is 1.95 bits per heavy atom. The molecule has 4 nitrogen and oxygen atoms in total. The Kier molecular flexibility index (Phi) is 6.53. The summed E-state index contributed by atoms with van der Waals surface area (Å²) in [5.41, 5.74) is 7.12. The van der Waals surface area contributed by atoms with Gasteiger partial charge in [0, 0.05) is 12.6 Å². The molecular formula is C15H25N3O. The highest BCUT2D eigenvalue weighted by Gasteiger charge is 2.14. The molecule has 1 aromatic carbocycles. The summed E-state index contributed by atoms with van der Waals surface area (Å²) in [5.74, 6) is -0.0652. The highest BCUT2D eigenvalue weighted by Crippen LogP contribution is 2.04. The predicted molar refractivity (Wildman–Crippen MR) is 78.9 cm³/mol. The van der Waals surface area contributed by atoms with Crippen molar-refractivity contribution < 1.29 is 4.79 Å². The topological polar surface area (TPSA) is 58.4 Å². The summed E-state index contributed by atoms with van der Waals surface area (Å²) in [6.45, 7) is 2.70. The molecule has 4 heteroatoms. The van der Waals surface area contributed by atoms with Crippen molar-refractivity contribution in [3.8, 4) is 0 Å². The van der Waals surface area contributed by atoms with Gasteiger partial charge in [0.15, 0.2) is 0 Å². The maximum absolute atomic E-state index is 11.8. The van der Waals surface area contributed by atoms with E-state index in [0.29, 0.717) is 19.0 Å². The lowest BCUT2D eigenvalue weighted by Gasteiger charge is -2.21. The number of carbonyl (C=O) groups is 1. The van der Waals surface area contributed by atoms with E-state index < -0.39 is 6.04 Å². The van der Waals surface area contributed by atoms with E-state index >= 15 is 0 Å². The number of hydrogen-bond acceptors (Lipinski definition) is 3. The number of likely N-dealkylation sites (N-methyl/N-ethyl adjacent to an activating group) is 1. The van der Waals surface area contributed by atoms with Crippen LogP contribution < -0.4 is 11.1 Å².